The van der Waals surface area contributed by atoms with Crippen molar-refractivity contribution in [2.75, 3.05) is 14.2 Å². The molecule has 0 saturated carbocycles. The number of amidine groups is 1. The lowest BCUT2D eigenvalue weighted by Crippen LogP contribution is -2.00. The Morgan fingerprint density at radius 2 is 1.70 bits per heavy atom. The zero-order valence-electron chi connectivity index (χ0n) is 13.7. The van der Waals surface area contributed by atoms with Crippen molar-refractivity contribution in [3.8, 4) is 11.5 Å². The van der Waals surface area contributed by atoms with Crippen LogP contribution in [-0.4, -0.2) is 25.2 Å². The molecule has 1 atom stereocenters. The van der Waals surface area contributed by atoms with Crippen molar-refractivity contribution < 1.29 is 9.47 Å². The van der Waals surface area contributed by atoms with E-state index in [-0.39, 0.29) is 5.29 Å². The molecule has 0 N–H and O–H groups in total. The van der Waals surface area contributed by atoms with Crippen LogP contribution in [0.1, 0.15) is 32.4 Å². The van der Waals surface area contributed by atoms with Crippen LogP contribution in [0.5, 0.6) is 11.5 Å². The summed E-state index contributed by atoms with van der Waals surface area (Å²) in [5.74, 6) is 0.907. The third-order valence-corrected chi connectivity index (χ3v) is 3.96. The minimum atomic E-state index is -0.423. The fourth-order valence-corrected chi connectivity index (χ4v) is 3.04. The van der Waals surface area contributed by atoms with Gasteiger partial charge in [0.05, 0.1) is 30.3 Å². The number of hydrogen-bond donors (Lipinski definition) is 0. The maximum atomic E-state index is 6.35. The van der Waals surface area contributed by atoms with Crippen molar-refractivity contribution in [1.29, 1.82) is 0 Å². The van der Waals surface area contributed by atoms with Gasteiger partial charge in [-0.2, -0.15) is 0 Å². The Morgan fingerprint density at radius 3 is 2.13 bits per heavy atom. The molecule has 126 valence electrons. The summed E-state index contributed by atoms with van der Waals surface area (Å²) in [6.07, 6.45) is 3.70. The second-order valence-corrected chi connectivity index (χ2v) is 5.74. The molecule has 4 nitrogen and oxygen atoms in total. The molecule has 0 radical (unpaired) electrons. The van der Waals surface area contributed by atoms with Crippen LogP contribution in [0, 0.1) is 0 Å². The first-order valence-corrected chi connectivity index (χ1v) is 8.00. The first-order chi connectivity index (χ1) is 10.8. The summed E-state index contributed by atoms with van der Waals surface area (Å²) in [4.78, 5) is 8.50. The first kappa shape index (κ1) is 19.8. The zero-order chi connectivity index (χ0) is 17.6. The van der Waals surface area contributed by atoms with Gasteiger partial charge in [-0.15, -0.1) is 0 Å². The van der Waals surface area contributed by atoms with E-state index in [4.69, 9.17) is 44.3 Å². The number of nitrogens with zero attached hydrogens (tertiary/aromatic N) is 2. The van der Waals surface area contributed by atoms with Crippen molar-refractivity contribution in [3.63, 3.8) is 0 Å². The maximum Gasteiger partial charge on any atom is 0.218 e. The average Bonchev–Trinajstić information content (AvgIpc) is 2.47. The van der Waals surface area contributed by atoms with Crippen molar-refractivity contribution >= 4 is 45.8 Å². The summed E-state index contributed by atoms with van der Waals surface area (Å²) in [5, 5.41) is 0.850. The standard InChI is InChI=1S/C16H19Cl3N2O2/c1-6-7-9(2)20-16(19)21-10(3)13-14(17)11(22-4)8-12(23-5)15(13)18/h6-8,10H,1-5H3/b7-6-,20-9?,21-16?. The molecule has 0 heterocycles. The quantitative estimate of drug-likeness (QED) is 0.375. The molecule has 23 heavy (non-hydrogen) atoms. The molecule has 1 aromatic rings. The fourth-order valence-electron chi connectivity index (χ4n) is 1.95. The number of aliphatic imine (C=N–C) groups is 2. The molecule has 1 aromatic carbocycles. The van der Waals surface area contributed by atoms with Crippen molar-refractivity contribution in [3.05, 3.63) is 33.8 Å². The Kier molecular flexibility index (Phi) is 7.89. The van der Waals surface area contributed by atoms with Gasteiger partial charge in [0, 0.05) is 17.3 Å². The molecule has 0 spiro atoms. The lowest BCUT2D eigenvalue weighted by Gasteiger charge is -2.17. The Balaban J connectivity index is 3.32. The molecule has 0 bridgehead atoms. The third-order valence-electron chi connectivity index (χ3n) is 3.00. The summed E-state index contributed by atoms with van der Waals surface area (Å²) in [6, 6.07) is 1.20. The summed E-state index contributed by atoms with van der Waals surface area (Å²) in [6.45, 7) is 5.54. The van der Waals surface area contributed by atoms with E-state index in [1.165, 1.54) is 14.2 Å². The molecule has 0 fully saturated rings. The lowest BCUT2D eigenvalue weighted by molar-refractivity contribution is 0.393. The Labute approximate surface area is 151 Å². The van der Waals surface area contributed by atoms with Crippen LogP contribution in [0.3, 0.4) is 0 Å². The van der Waals surface area contributed by atoms with Gasteiger partial charge in [0.1, 0.15) is 11.5 Å². The van der Waals surface area contributed by atoms with E-state index in [1.54, 1.807) is 6.07 Å². The van der Waals surface area contributed by atoms with Gasteiger partial charge >= 0.3 is 0 Å². The molecule has 0 aliphatic heterocycles. The lowest BCUT2D eigenvalue weighted by atomic mass is 10.1. The van der Waals surface area contributed by atoms with Crippen molar-refractivity contribution in [2.45, 2.75) is 26.8 Å². The van der Waals surface area contributed by atoms with Gasteiger partial charge in [0.15, 0.2) is 0 Å². The molecular formula is C16H19Cl3N2O2. The predicted octanol–water partition coefficient (Wildman–Crippen LogP) is 5.70. The van der Waals surface area contributed by atoms with Crippen LogP contribution in [0.4, 0.5) is 0 Å². The van der Waals surface area contributed by atoms with Crippen LogP contribution in [0.15, 0.2) is 28.2 Å². The topological polar surface area (TPSA) is 43.2 Å². The normalized spacial score (nSPS) is 14.3. The SMILES string of the molecule is C/C=C\C(C)=NC(Cl)=NC(C)c1c(Cl)c(OC)cc(OC)c1Cl. The minimum Gasteiger partial charge on any atom is -0.495 e. The van der Waals surface area contributed by atoms with Crippen LogP contribution in [-0.2, 0) is 0 Å². The van der Waals surface area contributed by atoms with Crippen molar-refractivity contribution in [2.24, 2.45) is 9.98 Å². The summed E-state index contributed by atoms with van der Waals surface area (Å²) in [7, 11) is 3.04. The third kappa shape index (κ3) is 5.13. The van der Waals surface area contributed by atoms with Gasteiger partial charge < -0.3 is 9.47 Å². The van der Waals surface area contributed by atoms with Crippen LogP contribution < -0.4 is 9.47 Å². The van der Waals surface area contributed by atoms with Gasteiger partial charge in [-0.05, 0) is 38.4 Å². The first-order valence-electron chi connectivity index (χ1n) is 6.86. The predicted molar refractivity (Wildman–Crippen MR) is 99.2 cm³/mol. The summed E-state index contributed by atoms with van der Waals surface area (Å²) >= 11 is 18.8. The number of hydrogen-bond acceptors (Lipinski definition) is 3. The molecule has 0 saturated heterocycles. The van der Waals surface area contributed by atoms with Gasteiger partial charge in [-0.3, -0.25) is 0 Å². The maximum absolute atomic E-state index is 6.35. The number of methoxy groups -OCH3 is 2. The molecule has 1 unspecified atom stereocenters. The van der Waals surface area contributed by atoms with Gasteiger partial charge in [0.25, 0.3) is 0 Å². The van der Waals surface area contributed by atoms with E-state index in [0.717, 1.165) is 5.71 Å². The van der Waals surface area contributed by atoms with Crippen LogP contribution in [0.25, 0.3) is 0 Å². The Morgan fingerprint density at radius 1 is 1.17 bits per heavy atom. The second kappa shape index (κ2) is 9.16. The summed E-state index contributed by atoms with van der Waals surface area (Å²) < 4.78 is 10.5. The molecule has 7 heteroatoms. The highest BCUT2D eigenvalue weighted by molar-refractivity contribution is 6.65. The van der Waals surface area contributed by atoms with E-state index in [1.807, 2.05) is 32.9 Å². The second-order valence-electron chi connectivity index (χ2n) is 4.65. The number of ether oxygens (including phenoxy) is 2. The molecule has 0 amide bonds. The van der Waals surface area contributed by atoms with Gasteiger partial charge in [-0.1, -0.05) is 29.3 Å². The highest BCUT2D eigenvalue weighted by Crippen LogP contribution is 2.44. The summed E-state index contributed by atoms with van der Waals surface area (Å²) in [5.41, 5.74) is 1.32. The number of halogens is 3. The number of benzene rings is 1. The van der Waals surface area contributed by atoms with E-state index in [9.17, 15) is 0 Å². The monoisotopic (exact) mass is 376 g/mol. The Bertz CT molecular complexity index is 627. The van der Waals surface area contributed by atoms with Gasteiger partial charge in [0.2, 0.25) is 5.29 Å². The largest absolute Gasteiger partial charge is 0.495 e. The number of allylic oxidation sites excluding steroid dienone is 2. The molecule has 0 aliphatic rings. The highest BCUT2D eigenvalue weighted by Gasteiger charge is 2.21. The molecule has 0 aromatic heterocycles. The van der Waals surface area contributed by atoms with Crippen LogP contribution in [0.2, 0.25) is 10.0 Å². The Hall–Kier alpha value is -1.23. The van der Waals surface area contributed by atoms with E-state index in [2.05, 4.69) is 9.98 Å². The van der Waals surface area contributed by atoms with E-state index < -0.39 is 6.04 Å². The van der Waals surface area contributed by atoms with E-state index >= 15 is 0 Å². The minimum absolute atomic E-state index is 0.113. The highest BCUT2D eigenvalue weighted by atomic mass is 35.5. The molecule has 0 aliphatic carbocycles. The molecular weight excluding hydrogens is 359 g/mol. The fraction of sp³-hybridized carbons (Fsp3) is 0.375. The van der Waals surface area contributed by atoms with Crippen LogP contribution >= 0.6 is 34.8 Å². The average molecular weight is 378 g/mol. The van der Waals surface area contributed by atoms with Gasteiger partial charge in [-0.25, -0.2) is 9.98 Å². The zero-order valence-corrected chi connectivity index (χ0v) is 15.9. The smallest absolute Gasteiger partial charge is 0.218 e. The molecule has 1 rings (SSSR count). The van der Waals surface area contributed by atoms with Crippen molar-refractivity contribution in [1.82, 2.24) is 0 Å². The number of rotatable bonds is 5. The van der Waals surface area contributed by atoms with E-state index in [0.29, 0.717) is 27.1 Å².